The zero-order chi connectivity index (χ0) is 20.4. The van der Waals surface area contributed by atoms with Crippen LogP contribution < -0.4 is 9.47 Å². The standard InChI is InChI=1S/C23H26Cl2O3/c1-3-5-13-27-22-12-9-18(15-23(22)28-14-6-4-2)21(26)11-8-17-7-10-19(24)16-20(17)25/h7-12,15-16H,3-6,13-14H2,1-2H3/b11-8+. The van der Waals surface area contributed by atoms with E-state index in [0.29, 0.717) is 40.3 Å². The molecule has 0 unspecified atom stereocenters. The van der Waals surface area contributed by atoms with Crippen LogP contribution in [0.15, 0.2) is 42.5 Å². The van der Waals surface area contributed by atoms with Gasteiger partial charge in [0.05, 0.1) is 13.2 Å². The van der Waals surface area contributed by atoms with Crippen LogP contribution in [0.1, 0.15) is 55.5 Å². The first-order valence-corrected chi connectivity index (χ1v) is 10.4. The van der Waals surface area contributed by atoms with Crippen LogP contribution in [0.4, 0.5) is 0 Å². The minimum absolute atomic E-state index is 0.133. The molecular formula is C23H26Cl2O3. The lowest BCUT2D eigenvalue weighted by Crippen LogP contribution is -2.04. The lowest BCUT2D eigenvalue weighted by Gasteiger charge is -2.13. The minimum Gasteiger partial charge on any atom is -0.490 e. The third-order valence-corrected chi connectivity index (χ3v) is 4.68. The van der Waals surface area contributed by atoms with Crippen LogP contribution in [0, 0.1) is 0 Å². The Kier molecular flexibility index (Phi) is 9.39. The predicted octanol–water partition coefficient (Wildman–Crippen LogP) is 7.25. The van der Waals surface area contributed by atoms with Crippen molar-refractivity contribution in [2.45, 2.75) is 39.5 Å². The lowest BCUT2D eigenvalue weighted by atomic mass is 10.1. The highest BCUT2D eigenvalue weighted by Crippen LogP contribution is 2.30. The highest BCUT2D eigenvalue weighted by molar-refractivity contribution is 6.35. The molecule has 0 N–H and O–H groups in total. The van der Waals surface area contributed by atoms with Crippen molar-refractivity contribution in [3.8, 4) is 11.5 Å². The summed E-state index contributed by atoms with van der Waals surface area (Å²) in [4.78, 5) is 12.6. The molecule has 5 heteroatoms. The largest absolute Gasteiger partial charge is 0.490 e. The Hall–Kier alpha value is -1.97. The number of allylic oxidation sites excluding steroid dienone is 1. The SMILES string of the molecule is CCCCOc1ccc(C(=O)/C=C/c2ccc(Cl)cc2Cl)cc1OCCCC. The summed E-state index contributed by atoms with van der Waals surface area (Å²) < 4.78 is 11.7. The topological polar surface area (TPSA) is 35.5 Å². The maximum atomic E-state index is 12.6. The summed E-state index contributed by atoms with van der Waals surface area (Å²) in [6, 6.07) is 10.5. The number of ether oxygens (including phenoxy) is 2. The van der Waals surface area contributed by atoms with Crippen molar-refractivity contribution in [3.05, 3.63) is 63.6 Å². The third kappa shape index (κ3) is 6.88. The molecule has 0 fully saturated rings. The fourth-order valence-corrected chi connectivity index (χ4v) is 2.92. The van der Waals surface area contributed by atoms with Gasteiger partial charge in [0.2, 0.25) is 0 Å². The molecule has 0 radical (unpaired) electrons. The number of carbonyl (C=O) groups excluding carboxylic acids is 1. The van der Waals surface area contributed by atoms with Gasteiger partial charge in [0.25, 0.3) is 0 Å². The third-order valence-electron chi connectivity index (χ3n) is 4.12. The zero-order valence-corrected chi connectivity index (χ0v) is 17.9. The molecule has 0 aliphatic carbocycles. The van der Waals surface area contributed by atoms with Gasteiger partial charge in [-0.2, -0.15) is 0 Å². The first kappa shape index (κ1) is 22.3. The van der Waals surface area contributed by atoms with Crippen molar-refractivity contribution in [2.75, 3.05) is 13.2 Å². The van der Waals surface area contributed by atoms with E-state index in [4.69, 9.17) is 32.7 Å². The molecule has 0 saturated carbocycles. The predicted molar refractivity (Wildman–Crippen MR) is 117 cm³/mol. The second kappa shape index (κ2) is 11.8. The van der Waals surface area contributed by atoms with E-state index >= 15 is 0 Å². The number of ketones is 1. The Morgan fingerprint density at radius 1 is 0.929 bits per heavy atom. The number of halogens is 2. The normalized spacial score (nSPS) is 11.0. The van der Waals surface area contributed by atoms with E-state index in [1.807, 2.05) is 0 Å². The van der Waals surface area contributed by atoms with E-state index in [9.17, 15) is 4.79 Å². The highest BCUT2D eigenvalue weighted by Gasteiger charge is 2.11. The van der Waals surface area contributed by atoms with Gasteiger partial charge in [-0.05, 0) is 60.9 Å². The summed E-state index contributed by atoms with van der Waals surface area (Å²) in [6.07, 6.45) is 7.19. The highest BCUT2D eigenvalue weighted by atomic mass is 35.5. The number of rotatable bonds is 11. The number of carbonyl (C=O) groups is 1. The van der Waals surface area contributed by atoms with Crippen molar-refractivity contribution in [3.63, 3.8) is 0 Å². The van der Waals surface area contributed by atoms with E-state index in [2.05, 4.69) is 13.8 Å². The summed E-state index contributed by atoms with van der Waals surface area (Å²) in [5.41, 5.74) is 1.27. The number of unbranched alkanes of at least 4 members (excludes halogenated alkanes) is 2. The van der Waals surface area contributed by atoms with Gasteiger partial charge >= 0.3 is 0 Å². The number of hydrogen-bond donors (Lipinski definition) is 0. The molecule has 0 aliphatic rings. The van der Waals surface area contributed by atoms with E-state index in [-0.39, 0.29) is 5.78 Å². The van der Waals surface area contributed by atoms with Crippen LogP contribution in [0.5, 0.6) is 11.5 Å². The molecule has 150 valence electrons. The average Bonchev–Trinajstić information content (AvgIpc) is 2.68. The average molecular weight is 421 g/mol. The van der Waals surface area contributed by atoms with E-state index in [0.717, 1.165) is 31.2 Å². The van der Waals surface area contributed by atoms with Crippen LogP contribution in [-0.2, 0) is 0 Å². The fraction of sp³-hybridized carbons (Fsp3) is 0.348. The smallest absolute Gasteiger partial charge is 0.185 e. The summed E-state index contributed by atoms with van der Waals surface area (Å²) in [5.74, 6) is 1.14. The van der Waals surface area contributed by atoms with Crippen molar-refractivity contribution in [1.82, 2.24) is 0 Å². The Labute approximate surface area is 177 Å². The van der Waals surface area contributed by atoms with Crippen molar-refractivity contribution in [1.29, 1.82) is 0 Å². The fourth-order valence-electron chi connectivity index (χ4n) is 2.44. The quantitative estimate of drug-likeness (QED) is 0.218. The van der Waals surface area contributed by atoms with Crippen LogP contribution in [0.2, 0.25) is 10.0 Å². The van der Waals surface area contributed by atoms with Gasteiger partial charge in [-0.1, -0.05) is 56.0 Å². The van der Waals surface area contributed by atoms with Crippen LogP contribution >= 0.6 is 23.2 Å². The molecule has 28 heavy (non-hydrogen) atoms. The number of benzene rings is 2. The van der Waals surface area contributed by atoms with Crippen LogP contribution in [0.25, 0.3) is 6.08 Å². The maximum absolute atomic E-state index is 12.6. The molecule has 3 nitrogen and oxygen atoms in total. The lowest BCUT2D eigenvalue weighted by molar-refractivity contribution is 0.104. The van der Waals surface area contributed by atoms with Gasteiger partial charge in [-0.15, -0.1) is 0 Å². The molecule has 0 amide bonds. The summed E-state index contributed by atoms with van der Waals surface area (Å²) in [6.45, 7) is 5.44. The van der Waals surface area contributed by atoms with Gasteiger partial charge in [0.15, 0.2) is 17.3 Å². The van der Waals surface area contributed by atoms with Crippen LogP contribution in [-0.4, -0.2) is 19.0 Å². The summed E-state index contributed by atoms with van der Waals surface area (Å²) >= 11 is 12.1. The maximum Gasteiger partial charge on any atom is 0.185 e. The van der Waals surface area contributed by atoms with Crippen molar-refractivity contribution in [2.24, 2.45) is 0 Å². The molecule has 0 atom stereocenters. The Balaban J connectivity index is 2.17. The number of hydrogen-bond acceptors (Lipinski definition) is 3. The molecule has 2 aromatic carbocycles. The molecule has 2 aromatic rings. The molecule has 0 bridgehead atoms. The first-order chi connectivity index (χ1) is 13.5. The minimum atomic E-state index is -0.133. The molecule has 0 aliphatic heterocycles. The molecule has 2 rings (SSSR count). The summed E-state index contributed by atoms with van der Waals surface area (Å²) in [5, 5.41) is 1.06. The molecule has 0 saturated heterocycles. The van der Waals surface area contributed by atoms with Gasteiger partial charge in [0.1, 0.15) is 0 Å². The van der Waals surface area contributed by atoms with Gasteiger partial charge < -0.3 is 9.47 Å². The Morgan fingerprint density at radius 3 is 2.25 bits per heavy atom. The molecule has 0 aromatic heterocycles. The molecular weight excluding hydrogens is 395 g/mol. The van der Waals surface area contributed by atoms with Crippen molar-refractivity contribution < 1.29 is 14.3 Å². The summed E-state index contributed by atoms with van der Waals surface area (Å²) in [7, 11) is 0. The zero-order valence-electron chi connectivity index (χ0n) is 16.3. The van der Waals surface area contributed by atoms with Gasteiger partial charge in [-0.3, -0.25) is 4.79 Å². The van der Waals surface area contributed by atoms with E-state index < -0.39 is 0 Å². The van der Waals surface area contributed by atoms with Gasteiger partial charge in [0, 0.05) is 15.6 Å². The second-order valence-electron chi connectivity index (χ2n) is 6.43. The molecule has 0 heterocycles. The monoisotopic (exact) mass is 420 g/mol. The van der Waals surface area contributed by atoms with Crippen molar-refractivity contribution >= 4 is 35.1 Å². The first-order valence-electron chi connectivity index (χ1n) is 9.62. The Morgan fingerprint density at radius 2 is 1.61 bits per heavy atom. The van der Waals surface area contributed by atoms with Gasteiger partial charge in [-0.25, -0.2) is 0 Å². The van der Waals surface area contributed by atoms with E-state index in [1.54, 1.807) is 42.5 Å². The van der Waals surface area contributed by atoms with Crippen LogP contribution in [0.3, 0.4) is 0 Å². The Bertz CT molecular complexity index is 815. The van der Waals surface area contributed by atoms with E-state index in [1.165, 1.54) is 6.08 Å². The molecule has 0 spiro atoms. The second-order valence-corrected chi connectivity index (χ2v) is 7.27.